The number of nitrogens with one attached hydrogen (secondary N) is 1. The maximum Gasteiger partial charge on any atom is 0.219 e. The van der Waals surface area contributed by atoms with Gasteiger partial charge in [-0.3, -0.25) is 4.79 Å². The number of ether oxygens (including phenoxy) is 4. The van der Waals surface area contributed by atoms with E-state index >= 15 is 0 Å². The monoisotopic (exact) mass is 361 g/mol. The van der Waals surface area contributed by atoms with Crippen molar-refractivity contribution in [3.05, 3.63) is 0 Å². The number of amides is 1. The van der Waals surface area contributed by atoms with Crippen LogP contribution in [0.15, 0.2) is 0 Å². The zero-order chi connectivity index (χ0) is 18.4. The summed E-state index contributed by atoms with van der Waals surface area (Å²) in [5.74, 6) is 0.122. The molecular weight excluding hydrogens is 326 g/mol. The first-order valence-corrected chi connectivity index (χ1v) is 9.32. The fourth-order valence-electron chi connectivity index (χ4n) is 1.93. The molecule has 0 aliphatic heterocycles. The minimum atomic E-state index is 0.122. The van der Waals surface area contributed by atoms with E-state index in [9.17, 15) is 9.59 Å². The van der Waals surface area contributed by atoms with Crippen LogP contribution in [0, 0.1) is 0 Å². The first-order valence-electron chi connectivity index (χ1n) is 9.32. The molecule has 0 spiro atoms. The third-order valence-corrected chi connectivity index (χ3v) is 3.35. The fraction of sp³-hybridized carbons (Fsp3) is 0.889. The Morgan fingerprint density at radius 2 is 1.28 bits per heavy atom. The topological polar surface area (TPSA) is 83.1 Å². The quantitative estimate of drug-likeness (QED) is 0.263. The second-order valence-electron chi connectivity index (χ2n) is 5.52. The summed E-state index contributed by atoms with van der Waals surface area (Å²) in [4.78, 5) is 21.1. The van der Waals surface area contributed by atoms with Gasteiger partial charge in [0, 0.05) is 26.0 Å². The molecular formula is C18H35NO6. The number of carbonyl (C=O) groups is 2. The van der Waals surface area contributed by atoms with E-state index in [4.69, 9.17) is 18.9 Å². The lowest BCUT2D eigenvalue weighted by molar-refractivity contribution is -0.120. The highest BCUT2D eigenvalue weighted by atomic mass is 16.6. The molecule has 7 nitrogen and oxygen atoms in total. The van der Waals surface area contributed by atoms with Crippen molar-refractivity contribution in [2.75, 3.05) is 59.4 Å². The Morgan fingerprint density at radius 1 is 0.760 bits per heavy atom. The molecule has 0 heterocycles. The van der Waals surface area contributed by atoms with Gasteiger partial charge in [0.05, 0.1) is 46.2 Å². The van der Waals surface area contributed by atoms with E-state index in [1.165, 1.54) is 0 Å². The summed E-state index contributed by atoms with van der Waals surface area (Å²) in [6.45, 7) is 7.10. The van der Waals surface area contributed by atoms with Crippen molar-refractivity contribution in [1.82, 2.24) is 5.32 Å². The standard InChI is InChI=1S/C18H35NO6/c1-2-18(21)19-8-5-3-4-6-10-22-12-14-24-16-17-25-15-13-23-11-7-9-20/h9H,2-8,10-17H2,1H3,(H,19,21). The average molecular weight is 361 g/mol. The maximum atomic E-state index is 11.0. The summed E-state index contributed by atoms with van der Waals surface area (Å²) in [5.41, 5.74) is 0. The molecule has 0 aromatic carbocycles. The highest BCUT2D eigenvalue weighted by Gasteiger charge is 1.96. The lowest BCUT2D eigenvalue weighted by atomic mass is 10.2. The Morgan fingerprint density at radius 3 is 1.84 bits per heavy atom. The maximum absolute atomic E-state index is 11.0. The number of rotatable bonds is 20. The summed E-state index contributed by atoms with van der Waals surface area (Å²) in [5, 5.41) is 2.87. The van der Waals surface area contributed by atoms with Crippen LogP contribution in [0.4, 0.5) is 0 Å². The summed E-state index contributed by atoms with van der Waals surface area (Å²) >= 11 is 0. The highest BCUT2D eigenvalue weighted by Crippen LogP contribution is 1.99. The lowest BCUT2D eigenvalue weighted by Crippen LogP contribution is -2.23. The van der Waals surface area contributed by atoms with Gasteiger partial charge in [0.25, 0.3) is 0 Å². The van der Waals surface area contributed by atoms with E-state index < -0.39 is 0 Å². The van der Waals surface area contributed by atoms with Crippen LogP contribution in [0.1, 0.15) is 45.4 Å². The van der Waals surface area contributed by atoms with Gasteiger partial charge in [-0.05, 0) is 12.8 Å². The molecule has 0 aliphatic rings. The zero-order valence-corrected chi connectivity index (χ0v) is 15.6. The zero-order valence-electron chi connectivity index (χ0n) is 15.6. The van der Waals surface area contributed by atoms with Crippen LogP contribution in [0.25, 0.3) is 0 Å². The van der Waals surface area contributed by atoms with Crippen LogP contribution in [0.2, 0.25) is 0 Å². The molecule has 0 bridgehead atoms. The molecule has 0 aromatic heterocycles. The molecule has 0 fully saturated rings. The van der Waals surface area contributed by atoms with E-state index in [2.05, 4.69) is 5.32 Å². The normalized spacial score (nSPS) is 10.8. The lowest BCUT2D eigenvalue weighted by Gasteiger charge is -2.07. The minimum Gasteiger partial charge on any atom is -0.379 e. The van der Waals surface area contributed by atoms with Gasteiger partial charge in [-0.2, -0.15) is 0 Å². The molecule has 0 atom stereocenters. The van der Waals surface area contributed by atoms with Crippen LogP contribution in [0.3, 0.4) is 0 Å². The van der Waals surface area contributed by atoms with Gasteiger partial charge in [0.15, 0.2) is 0 Å². The Kier molecular flexibility index (Phi) is 20.2. The molecule has 0 saturated heterocycles. The van der Waals surface area contributed by atoms with Crippen LogP contribution in [0.5, 0.6) is 0 Å². The largest absolute Gasteiger partial charge is 0.379 e. The van der Waals surface area contributed by atoms with Crippen molar-refractivity contribution in [3.8, 4) is 0 Å². The molecule has 0 aliphatic carbocycles. The third-order valence-electron chi connectivity index (χ3n) is 3.35. The Bertz CT molecular complexity index is 301. The van der Waals surface area contributed by atoms with Gasteiger partial charge in [-0.1, -0.05) is 19.8 Å². The van der Waals surface area contributed by atoms with Crippen molar-refractivity contribution in [3.63, 3.8) is 0 Å². The number of hydrogen-bond acceptors (Lipinski definition) is 6. The Hall–Kier alpha value is -1.02. The summed E-state index contributed by atoms with van der Waals surface area (Å²) in [7, 11) is 0. The average Bonchev–Trinajstić information content (AvgIpc) is 2.63. The van der Waals surface area contributed by atoms with Crippen LogP contribution in [-0.2, 0) is 28.5 Å². The summed E-state index contributed by atoms with van der Waals surface area (Å²) < 4.78 is 21.4. The first kappa shape index (κ1) is 24.0. The Balaban J connectivity index is 3.00. The van der Waals surface area contributed by atoms with Crippen molar-refractivity contribution >= 4 is 12.2 Å². The van der Waals surface area contributed by atoms with E-state index in [0.717, 1.165) is 45.1 Å². The van der Waals surface area contributed by atoms with Crippen LogP contribution in [-0.4, -0.2) is 71.6 Å². The molecule has 0 unspecified atom stereocenters. The predicted molar refractivity (Wildman–Crippen MR) is 95.7 cm³/mol. The van der Waals surface area contributed by atoms with E-state index in [1.807, 2.05) is 6.92 Å². The molecule has 1 N–H and O–H groups in total. The summed E-state index contributed by atoms with van der Waals surface area (Å²) in [6.07, 6.45) is 6.11. The molecule has 25 heavy (non-hydrogen) atoms. The fourth-order valence-corrected chi connectivity index (χ4v) is 1.93. The second-order valence-corrected chi connectivity index (χ2v) is 5.52. The van der Waals surface area contributed by atoms with E-state index in [-0.39, 0.29) is 5.91 Å². The van der Waals surface area contributed by atoms with Gasteiger partial charge < -0.3 is 29.1 Å². The summed E-state index contributed by atoms with van der Waals surface area (Å²) in [6, 6.07) is 0. The number of hydrogen-bond donors (Lipinski definition) is 1. The van der Waals surface area contributed by atoms with Crippen molar-refractivity contribution in [2.24, 2.45) is 0 Å². The SMILES string of the molecule is CCC(=O)NCCCCCCOCCOCCOCCOCCC=O. The molecule has 0 aromatic rings. The highest BCUT2D eigenvalue weighted by molar-refractivity contribution is 5.75. The molecule has 1 amide bonds. The van der Waals surface area contributed by atoms with E-state index in [0.29, 0.717) is 59.1 Å². The number of carbonyl (C=O) groups excluding carboxylic acids is 2. The van der Waals surface area contributed by atoms with Gasteiger partial charge in [0.2, 0.25) is 5.91 Å². The third kappa shape index (κ3) is 20.9. The van der Waals surface area contributed by atoms with Crippen molar-refractivity contribution < 1.29 is 28.5 Å². The predicted octanol–water partition coefficient (Wildman–Crippen LogP) is 1.73. The van der Waals surface area contributed by atoms with Crippen LogP contribution < -0.4 is 5.32 Å². The molecule has 0 radical (unpaired) electrons. The van der Waals surface area contributed by atoms with E-state index in [1.54, 1.807) is 0 Å². The van der Waals surface area contributed by atoms with Gasteiger partial charge in [0.1, 0.15) is 6.29 Å². The minimum absolute atomic E-state index is 0.122. The molecule has 7 heteroatoms. The van der Waals surface area contributed by atoms with Crippen molar-refractivity contribution in [2.45, 2.75) is 45.4 Å². The van der Waals surface area contributed by atoms with Gasteiger partial charge in [-0.25, -0.2) is 0 Å². The molecule has 0 rings (SSSR count). The van der Waals surface area contributed by atoms with Gasteiger partial charge in [-0.15, -0.1) is 0 Å². The van der Waals surface area contributed by atoms with Gasteiger partial charge >= 0.3 is 0 Å². The number of unbranched alkanes of at least 4 members (excludes halogenated alkanes) is 3. The number of aldehydes is 1. The van der Waals surface area contributed by atoms with Crippen molar-refractivity contribution in [1.29, 1.82) is 0 Å². The second kappa shape index (κ2) is 21.0. The first-order chi connectivity index (χ1) is 12.3. The Labute approximate surface area is 151 Å². The van der Waals surface area contributed by atoms with Crippen LogP contribution >= 0.6 is 0 Å². The molecule has 148 valence electrons. The smallest absolute Gasteiger partial charge is 0.219 e. The molecule has 0 saturated carbocycles.